The molecule has 0 spiro atoms. The topological polar surface area (TPSA) is 65.0 Å². The van der Waals surface area contributed by atoms with Crippen molar-refractivity contribution >= 4 is 5.97 Å². The standard InChI is InChI=1S/C13H18O5/c1-7-6-9(16-3)8(2)10(12(7)17-4)11(14)13(15)18-5/h6,11,14H,1-5H3. The van der Waals surface area contributed by atoms with Gasteiger partial charge >= 0.3 is 5.97 Å². The summed E-state index contributed by atoms with van der Waals surface area (Å²) in [5.74, 6) is 0.321. The second-order valence-corrected chi connectivity index (χ2v) is 3.89. The molecule has 1 unspecified atom stereocenters. The molecule has 100 valence electrons. The number of ether oxygens (including phenoxy) is 3. The number of methoxy groups -OCH3 is 3. The third-order valence-corrected chi connectivity index (χ3v) is 2.85. The third kappa shape index (κ3) is 2.41. The van der Waals surface area contributed by atoms with E-state index in [1.807, 2.05) is 6.92 Å². The highest BCUT2D eigenvalue weighted by Crippen LogP contribution is 2.37. The van der Waals surface area contributed by atoms with Gasteiger partial charge in [-0.25, -0.2) is 4.79 Å². The number of aryl methyl sites for hydroxylation is 1. The molecule has 18 heavy (non-hydrogen) atoms. The van der Waals surface area contributed by atoms with Gasteiger partial charge in [-0.15, -0.1) is 0 Å². The van der Waals surface area contributed by atoms with Crippen molar-refractivity contribution in [2.24, 2.45) is 0 Å². The second-order valence-electron chi connectivity index (χ2n) is 3.89. The Balaban J connectivity index is 3.47. The van der Waals surface area contributed by atoms with E-state index in [-0.39, 0.29) is 0 Å². The Morgan fingerprint density at radius 2 is 1.83 bits per heavy atom. The zero-order valence-electron chi connectivity index (χ0n) is 11.2. The van der Waals surface area contributed by atoms with E-state index in [1.165, 1.54) is 21.3 Å². The van der Waals surface area contributed by atoms with Crippen LogP contribution in [-0.4, -0.2) is 32.4 Å². The van der Waals surface area contributed by atoms with Gasteiger partial charge < -0.3 is 19.3 Å². The van der Waals surface area contributed by atoms with Crippen molar-refractivity contribution in [1.29, 1.82) is 0 Å². The molecule has 1 rings (SSSR count). The lowest BCUT2D eigenvalue weighted by atomic mass is 9.98. The summed E-state index contributed by atoms with van der Waals surface area (Å²) in [6.07, 6.45) is -1.39. The normalized spacial score (nSPS) is 11.9. The fourth-order valence-corrected chi connectivity index (χ4v) is 1.93. The average molecular weight is 254 g/mol. The molecule has 0 saturated heterocycles. The number of hydrogen-bond acceptors (Lipinski definition) is 5. The molecule has 1 aromatic carbocycles. The van der Waals surface area contributed by atoms with Crippen LogP contribution in [0.25, 0.3) is 0 Å². The first-order chi connectivity index (χ1) is 8.47. The number of rotatable bonds is 4. The summed E-state index contributed by atoms with van der Waals surface area (Å²) in [6, 6.07) is 1.79. The first-order valence-corrected chi connectivity index (χ1v) is 5.45. The molecule has 5 heteroatoms. The van der Waals surface area contributed by atoms with Gasteiger partial charge in [0.05, 0.1) is 21.3 Å². The van der Waals surface area contributed by atoms with Gasteiger partial charge in [-0.1, -0.05) is 0 Å². The molecule has 0 bridgehead atoms. The van der Waals surface area contributed by atoms with Crippen molar-refractivity contribution in [3.05, 3.63) is 22.8 Å². The van der Waals surface area contributed by atoms with Crippen molar-refractivity contribution in [3.8, 4) is 11.5 Å². The highest BCUT2D eigenvalue weighted by Gasteiger charge is 2.27. The Hall–Kier alpha value is -1.75. The predicted octanol–water partition coefficient (Wildman–Crippen LogP) is 1.53. The number of hydrogen-bond donors (Lipinski definition) is 1. The molecule has 0 radical (unpaired) electrons. The minimum absolute atomic E-state index is 0.376. The molecule has 1 atom stereocenters. The van der Waals surface area contributed by atoms with Crippen molar-refractivity contribution in [2.75, 3.05) is 21.3 Å². The zero-order chi connectivity index (χ0) is 13.9. The van der Waals surface area contributed by atoms with E-state index in [0.29, 0.717) is 22.6 Å². The van der Waals surface area contributed by atoms with Crippen LogP contribution in [0.2, 0.25) is 0 Å². The second kappa shape index (κ2) is 5.73. The molecular weight excluding hydrogens is 236 g/mol. The molecule has 0 heterocycles. The molecular formula is C13H18O5. The highest BCUT2D eigenvalue weighted by atomic mass is 16.5. The SMILES string of the molecule is COC(=O)C(O)c1c(C)c(OC)cc(C)c1OC. The van der Waals surface area contributed by atoms with E-state index in [4.69, 9.17) is 9.47 Å². The fraction of sp³-hybridized carbons (Fsp3) is 0.462. The van der Waals surface area contributed by atoms with Crippen molar-refractivity contribution in [3.63, 3.8) is 0 Å². The highest BCUT2D eigenvalue weighted by molar-refractivity contribution is 5.78. The Morgan fingerprint density at radius 1 is 1.22 bits per heavy atom. The summed E-state index contributed by atoms with van der Waals surface area (Å²) >= 11 is 0. The molecule has 5 nitrogen and oxygen atoms in total. The first-order valence-electron chi connectivity index (χ1n) is 5.45. The van der Waals surface area contributed by atoms with Gasteiger partial charge in [0.2, 0.25) is 0 Å². The van der Waals surface area contributed by atoms with Crippen molar-refractivity contribution in [1.82, 2.24) is 0 Å². The van der Waals surface area contributed by atoms with Gasteiger partial charge in [-0.3, -0.25) is 0 Å². The monoisotopic (exact) mass is 254 g/mol. The average Bonchev–Trinajstić information content (AvgIpc) is 2.38. The summed E-state index contributed by atoms with van der Waals surface area (Å²) < 4.78 is 15.0. The summed E-state index contributed by atoms with van der Waals surface area (Å²) in [5.41, 5.74) is 1.80. The lowest BCUT2D eigenvalue weighted by molar-refractivity contribution is -0.150. The molecule has 0 fully saturated rings. The summed E-state index contributed by atoms with van der Waals surface area (Å²) in [4.78, 5) is 11.5. The first kappa shape index (κ1) is 14.3. The van der Waals surface area contributed by atoms with Gasteiger partial charge in [-0.05, 0) is 25.5 Å². The zero-order valence-corrected chi connectivity index (χ0v) is 11.2. The maximum atomic E-state index is 11.5. The van der Waals surface area contributed by atoms with E-state index in [2.05, 4.69) is 4.74 Å². The van der Waals surface area contributed by atoms with E-state index in [1.54, 1.807) is 13.0 Å². The minimum atomic E-state index is -1.39. The van der Waals surface area contributed by atoms with Crippen LogP contribution in [0.5, 0.6) is 11.5 Å². The van der Waals surface area contributed by atoms with Crippen LogP contribution in [0.3, 0.4) is 0 Å². The molecule has 0 saturated carbocycles. The Labute approximate surface area is 106 Å². The number of aliphatic hydroxyl groups excluding tert-OH is 1. The number of carbonyl (C=O) groups excluding carboxylic acids is 1. The van der Waals surface area contributed by atoms with Gasteiger partial charge in [0, 0.05) is 11.1 Å². The van der Waals surface area contributed by atoms with Gasteiger partial charge in [-0.2, -0.15) is 0 Å². The number of carbonyl (C=O) groups is 1. The van der Waals surface area contributed by atoms with E-state index < -0.39 is 12.1 Å². The predicted molar refractivity (Wildman–Crippen MR) is 66.0 cm³/mol. The Morgan fingerprint density at radius 3 is 2.28 bits per heavy atom. The third-order valence-electron chi connectivity index (χ3n) is 2.85. The van der Waals surface area contributed by atoms with Crippen LogP contribution in [0.4, 0.5) is 0 Å². The molecule has 0 amide bonds. The van der Waals surface area contributed by atoms with Crippen LogP contribution in [-0.2, 0) is 9.53 Å². The van der Waals surface area contributed by atoms with Crippen LogP contribution in [0.1, 0.15) is 22.8 Å². The fourth-order valence-electron chi connectivity index (χ4n) is 1.93. The summed E-state index contributed by atoms with van der Waals surface area (Å²) in [6.45, 7) is 3.57. The van der Waals surface area contributed by atoms with Crippen LogP contribution >= 0.6 is 0 Å². The van der Waals surface area contributed by atoms with Gasteiger partial charge in [0.15, 0.2) is 6.10 Å². The number of aliphatic hydroxyl groups is 1. The number of benzene rings is 1. The maximum absolute atomic E-state index is 11.5. The molecule has 0 aromatic heterocycles. The minimum Gasteiger partial charge on any atom is -0.496 e. The van der Waals surface area contributed by atoms with Crippen molar-refractivity contribution in [2.45, 2.75) is 20.0 Å². The molecule has 1 aromatic rings. The van der Waals surface area contributed by atoms with E-state index >= 15 is 0 Å². The quantitative estimate of drug-likeness (QED) is 0.825. The Bertz CT molecular complexity index is 453. The van der Waals surface area contributed by atoms with E-state index in [0.717, 1.165) is 5.56 Å². The summed E-state index contributed by atoms with van der Waals surface area (Å²) in [7, 11) is 4.24. The lowest BCUT2D eigenvalue weighted by Crippen LogP contribution is -2.16. The lowest BCUT2D eigenvalue weighted by Gasteiger charge is -2.19. The van der Waals surface area contributed by atoms with Gasteiger partial charge in [0.25, 0.3) is 0 Å². The molecule has 1 N–H and O–H groups in total. The largest absolute Gasteiger partial charge is 0.496 e. The van der Waals surface area contributed by atoms with Crippen LogP contribution in [0.15, 0.2) is 6.07 Å². The molecule has 0 aliphatic heterocycles. The van der Waals surface area contributed by atoms with Crippen LogP contribution in [0, 0.1) is 13.8 Å². The Kier molecular flexibility index (Phi) is 4.55. The van der Waals surface area contributed by atoms with Crippen molar-refractivity contribution < 1.29 is 24.1 Å². The van der Waals surface area contributed by atoms with Crippen LogP contribution < -0.4 is 9.47 Å². The molecule has 0 aliphatic carbocycles. The maximum Gasteiger partial charge on any atom is 0.339 e. The van der Waals surface area contributed by atoms with Gasteiger partial charge in [0.1, 0.15) is 11.5 Å². The summed E-state index contributed by atoms with van der Waals surface area (Å²) in [5, 5.41) is 10.0. The smallest absolute Gasteiger partial charge is 0.339 e. The molecule has 0 aliphatic rings. The number of esters is 1. The van der Waals surface area contributed by atoms with E-state index in [9.17, 15) is 9.90 Å².